The zero-order valence-electron chi connectivity index (χ0n) is 28.0. The van der Waals surface area contributed by atoms with E-state index in [1.54, 1.807) is 0 Å². The summed E-state index contributed by atoms with van der Waals surface area (Å²) in [5.74, 6) is 0. The number of carbonyl (C=O) groups excluding carboxylic acids is 1. The first kappa shape index (κ1) is 44.8. The maximum absolute atomic E-state index is 8.00. The summed E-state index contributed by atoms with van der Waals surface area (Å²) in [6, 6.07) is 10.4. The largest absolute Gasteiger partial charge is 0.379 e. The molecule has 1 atom stereocenters. The first-order valence-corrected chi connectivity index (χ1v) is 16.8. The van der Waals surface area contributed by atoms with Crippen LogP contribution >= 0.6 is 0 Å². The van der Waals surface area contributed by atoms with E-state index in [0.717, 1.165) is 19.6 Å². The fourth-order valence-electron chi connectivity index (χ4n) is 3.86. The molecule has 0 amide bonds. The van der Waals surface area contributed by atoms with Crippen LogP contribution in [0.4, 0.5) is 0 Å². The fraction of sp³-hybridized carbons (Fsp3) is 0.806. The van der Waals surface area contributed by atoms with Crippen molar-refractivity contribution in [2.24, 2.45) is 0 Å². The summed E-state index contributed by atoms with van der Waals surface area (Å²) in [5.41, 5.74) is 1.23. The van der Waals surface area contributed by atoms with Gasteiger partial charge in [0.25, 0.3) is 0 Å². The molecule has 1 aromatic carbocycles. The van der Waals surface area contributed by atoms with Crippen molar-refractivity contribution in [3.63, 3.8) is 0 Å². The highest BCUT2D eigenvalue weighted by atomic mass is 16.5. The molecule has 0 aliphatic carbocycles. The third-order valence-electron chi connectivity index (χ3n) is 5.98. The number of hydrogen-bond acceptors (Lipinski definition) is 3. The maximum atomic E-state index is 8.00. The van der Waals surface area contributed by atoms with Crippen LogP contribution in [0.25, 0.3) is 0 Å². The predicted molar refractivity (Wildman–Crippen MR) is 177 cm³/mol. The zero-order valence-corrected chi connectivity index (χ0v) is 28.0. The van der Waals surface area contributed by atoms with E-state index in [0.29, 0.717) is 6.61 Å². The SMILES string of the molecule is C=O.CC.CC.CCC.CCCCCCCCCCCCCCCCCOCC(CC)OCc1ccccc1. The summed E-state index contributed by atoms with van der Waals surface area (Å²) in [6.45, 7) is 21.0. The Hall–Kier alpha value is -1.19. The number of carbonyl (C=O) groups is 1. The third kappa shape index (κ3) is 41.4. The first-order valence-electron chi connectivity index (χ1n) is 16.8. The Morgan fingerprint density at radius 3 is 1.38 bits per heavy atom. The average molecular weight is 553 g/mol. The summed E-state index contributed by atoms with van der Waals surface area (Å²) in [7, 11) is 0. The Balaban J connectivity index is -0.000000607. The molecule has 0 aliphatic heterocycles. The van der Waals surface area contributed by atoms with Gasteiger partial charge in [-0.1, -0.05) is 182 Å². The molecule has 0 spiro atoms. The molecule has 0 fully saturated rings. The van der Waals surface area contributed by atoms with Crippen LogP contribution in [0.5, 0.6) is 0 Å². The molecule has 3 nitrogen and oxygen atoms in total. The first-order chi connectivity index (χ1) is 19.3. The van der Waals surface area contributed by atoms with Crippen LogP contribution in [-0.2, 0) is 20.9 Å². The highest BCUT2D eigenvalue weighted by molar-refractivity contribution is 5.13. The van der Waals surface area contributed by atoms with Gasteiger partial charge in [-0.3, -0.25) is 0 Å². The molecule has 0 saturated carbocycles. The second-order valence-electron chi connectivity index (χ2n) is 9.56. The van der Waals surface area contributed by atoms with E-state index in [1.807, 2.05) is 40.6 Å². The highest BCUT2D eigenvalue weighted by Crippen LogP contribution is 2.13. The zero-order chi connectivity index (χ0) is 30.2. The second kappa shape index (κ2) is 46.6. The number of benzene rings is 1. The molecule has 0 aromatic heterocycles. The highest BCUT2D eigenvalue weighted by Gasteiger charge is 2.07. The topological polar surface area (TPSA) is 35.5 Å². The lowest BCUT2D eigenvalue weighted by molar-refractivity contribution is -0.0980. The van der Waals surface area contributed by atoms with E-state index in [2.05, 4.69) is 52.0 Å². The summed E-state index contributed by atoms with van der Waals surface area (Å²) in [6.07, 6.45) is 23.5. The minimum Gasteiger partial charge on any atom is -0.379 e. The van der Waals surface area contributed by atoms with Crippen molar-refractivity contribution in [1.82, 2.24) is 0 Å². The van der Waals surface area contributed by atoms with Crippen molar-refractivity contribution in [2.75, 3.05) is 13.2 Å². The Kier molecular flexibility index (Phi) is 53.6. The van der Waals surface area contributed by atoms with Crippen LogP contribution in [0.15, 0.2) is 30.3 Å². The van der Waals surface area contributed by atoms with Gasteiger partial charge in [0.2, 0.25) is 0 Å². The monoisotopic (exact) mass is 553 g/mol. The second-order valence-corrected chi connectivity index (χ2v) is 9.56. The van der Waals surface area contributed by atoms with Crippen molar-refractivity contribution in [3.05, 3.63) is 35.9 Å². The van der Waals surface area contributed by atoms with Crippen molar-refractivity contribution >= 4 is 6.79 Å². The van der Waals surface area contributed by atoms with Gasteiger partial charge in [-0.25, -0.2) is 0 Å². The number of hydrogen-bond donors (Lipinski definition) is 0. The van der Waals surface area contributed by atoms with E-state index < -0.39 is 0 Å². The van der Waals surface area contributed by atoms with Crippen LogP contribution in [0.3, 0.4) is 0 Å². The van der Waals surface area contributed by atoms with Gasteiger partial charge in [-0.15, -0.1) is 0 Å². The molecular weight excluding hydrogens is 480 g/mol. The van der Waals surface area contributed by atoms with E-state index in [4.69, 9.17) is 14.3 Å². The quantitative estimate of drug-likeness (QED) is 0.134. The van der Waals surface area contributed by atoms with Crippen molar-refractivity contribution in [1.29, 1.82) is 0 Å². The molecule has 1 aromatic rings. The Labute approximate surface area is 247 Å². The number of ether oxygens (including phenoxy) is 2. The summed E-state index contributed by atoms with van der Waals surface area (Å²) >= 11 is 0. The summed E-state index contributed by atoms with van der Waals surface area (Å²) in [5, 5.41) is 0. The predicted octanol–water partition coefficient (Wildman–Crippen LogP) is 12.2. The van der Waals surface area contributed by atoms with Crippen LogP contribution in [0, 0.1) is 0 Å². The maximum Gasteiger partial charge on any atom is 0.106 e. The molecule has 0 N–H and O–H groups in total. The van der Waals surface area contributed by atoms with Gasteiger partial charge in [0.05, 0.1) is 19.3 Å². The summed E-state index contributed by atoms with van der Waals surface area (Å²) < 4.78 is 11.8. The lowest BCUT2D eigenvalue weighted by Crippen LogP contribution is -2.19. The Morgan fingerprint density at radius 1 is 0.615 bits per heavy atom. The Bertz CT molecular complexity index is 477. The average Bonchev–Trinajstić information content (AvgIpc) is 3.00. The van der Waals surface area contributed by atoms with Gasteiger partial charge in [-0.05, 0) is 18.4 Å². The van der Waals surface area contributed by atoms with Gasteiger partial charge in [0.15, 0.2) is 0 Å². The smallest absolute Gasteiger partial charge is 0.106 e. The minimum atomic E-state index is 0.210. The summed E-state index contributed by atoms with van der Waals surface area (Å²) in [4.78, 5) is 8.00. The molecule has 0 radical (unpaired) electrons. The molecule has 234 valence electrons. The van der Waals surface area contributed by atoms with Crippen LogP contribution in [0.2, 0.25) is 0 Å². The van der Waals surface area contributed by atoms with E-state index in [9.17, 15) is 0 Å². The molecule has 0 aliphatic rings. The van der Waals surface area contributed by atoms with Crippen molar-refractivity contribution in [3.8, 4) is 0 Å². The van der Waals surface area contributed by atoms with Gasteiger partial charge < -0.3 is 14.3 Å². The molecule has 1 unspecified atom stereocenters. The van der Waals surface area contributed by atoms with Gasteiger partial charge in [0, 0.05) is 6.61 Å². The van der Waals surface area contributed by atoms with Crippen LogP contribution < -0.4 is 0 Å². The Morgan fingerprint density at radius 2 is 1.00 bits per heavy atom. The van der Waals surface area contributed by atoms with Gasteiger partial charge >= 0.3 is 0 Å². The van der Waals surface area contributed by atoms with E-state index in [1.165, 1.54) is 108 Å². The minimum absolute atomic E-state index is 0.210. The van der Waals surface area contributed by atoms with Gasteiger partial charge in [-0.2, -0.15) is 0 Å². The molecule has 3 heteroatoms. The molecule has 0 saturated heterocycles. The van der Waals surface area contributed by atoms with Crippen molar-refractivity contribution in [2.45, 2.75) is 177 Å². The van der Waals surface area contributed by atoms with E-state index >= 15 is 0 Å². The van der Waals surface area contributed by atoms with Crippen LogP contribution in [0.1, 0.15) is 170 Å². The van der Waals surface area contributed by atoms with Gasteiger partial charge in [0.1, 0.15) is 6.79 Å². The van der Waals surface area contributed by atoms with E-state index in [-0.39, 0.29) is 6.10 Å². The molecule has 1 rings (SSSR count). The molecule has 0 heterocycles. The third-order valence-corrected chi connectivity index (χ3v) is 5.98. The molecular formula is C36H72O3. The normalized spacial score (nSPS) is 10.4. The molecule has 0 bridgehead atoms. The number of rotatable bonds is 22. The lowest BCUT2D eigenvalue weighted by atomic mass is 10.0. The fourth-order valence-corrected chi connectivity index (χ4v) is 3.86. The standard InChI is InChI=1S/C28H50O2.C3H8.2C2H6.CH2O/c1-3-5-6-7-8-9-10-11-12-13-14-15-16-17-21-24-29-26-28(4-2)30-25-27-22-19-18-20-23-27;1-3-2;3*1-2/h18-20,22-23,28H,3-17,21,24-26H2,1-2H3;3H2,1-2H3;2*1-2H3;1H2. The lowest BCUT2D eigenvalue weighted by Gasteiger charge is -2.16. The number of unbranched alkanes of at least 4 members (excludes halogenated alkanes) is 14. The van der Waals surface area contributed by atoms with Crippen LogP contribution in [-0.4, -0.2) is 26.1 Å². The van der Waals surface area contributed by atoms with Crippen molar-refractivity contribution < 1.29 is 14.3 Å². The molecule has 39 heavy (non-hydrogen) atoms.